The molecule has 2 rings (SSSR count). The summed E-state index contributed by atoms with van der Waals surface area (Å²) in [6, 6.07) is 0. The van der Waals surface area contributed by atoms with Crippen LogP contribution in [0.2, 0.25) is 0 Å². The molecule has 108 valence electrons. The lowest BCUT2D eigenvalue weighted by Gasteiger charge is -2.14. The Morgan fingerprint density at radius 3 is 2.85 bits per heavy atom. The number of allylic oxidation sites excluding steroid dienone is 1. The first-order valence-electron chi connectivity index (χ1n) is 5.98. The van der Waals surface area contributed by atoms with Gasteiger partial charge in [-0.2, -0.15) is 0 Å². The van der Waals surface area contributed by atoms with Gasteiger partial charge in [-0.15, -0.1) is 0 Å². The summed E-state index contributed by atoms with van der Waals surface area (Å²) in [5.41, 5.74) is -1.20. The van der Waals surface area contributed by atoms with Crippen LogP contribution in [0.1, 0.15) is 18.2 Å². The number of aliphatic hydroxyl groups excluding tert-OH is 2. The van der Waals surface area contributed by atoms with E-state index >= 15 is 0 Å². The zero-order valence-corrected chi connectivity index (χ0v) is 10.4. The van der Waals surface area contributed by atoms with Crippen molar-refractivity contribution >= 4 is 12.4 Å². The molecule has 0 unspecified atom stereocenters. The second-order valence-corrected chi connectivity index (χ2v) is 4.36. The van der Waals surface area contributed by atoms with Gasteiger partial charge in [0.25, 0.3) is 5.56 Å². The van der Waals surface area contributed by atoms with Gasteiger partial charge < -0.3 is 14.9 Å². The Hall–Kier alpha value is -2.03. The lowest BCUT2D eigenvalue weighted by Crippen LogP contribution is -2.33. The first kappa shape index (κ1) is 14.4. The number of nitrogens with zero attached hydrogens (tertiary/aromatic N) is 1. The fraction of sp³-hybridized carbons (Fsp3) is 0.417. The van der Waals surface area contributed by atoms with Crippen LogP contribution in [0.3, 0.4) is 0 Å². The summed E-state index contributed by atoms with van der Waals surface area (Å²) in [6.45, 7) is -0.367. The number of rotatable bonds is 4. The Labute approximate surface area is 112 Å². The van der Waals surface area contributed by atoms with E-state index in [4.69, 9.17) is 9.84 Å². The van der Waals surface area contributed by atoms with E-state index in [1.807, 2.05) is 0 Å². The molecule has 1 aromatic rings. The molecule has 0 radical (unpaired) electrons. The third-order valence-electron chi connectivity index (χ3n) is 3.04. The smallest absolute Gasteiger partial charge is 0.330 e. The highest BCUT2D eigenvalue weighted by Gasteiger charge is 2.35. The molecule has 1 aromatic heterocycles. The SMILES string of the molecule is O=CC=Cc1cn([C@H]2C[C@H](O)[C@@H](CO)O2)c(=O)[nH]c1=O. The van der Waals surface area contributed by atoms with E-state index in [0.29, 0.717) is 6.29 Å². The molecular weight excluding hydrogens is 268 g/mol. The molecule has 8 heteroatoms. The highest BCUT2D eigenvalue weighted by molar-refractivity contribution is 5.73. The predicted molar refractivity (Wildman–Crippen MR) is 68.0 cm³/mol. The molecule has 2 heterocycles. The highest BCUT2D eigenvalue weighted by atomic mass is 16.5. The van der Waals surface area contributed by atoms with Crippen molar-refractivity contribution < 1.29 is 19.7 Å². The fourth-order valence-electron chi connectivity index (χ4n) is 2.03. The normalized spacial score (nSPS) is 26.2. The van der Waals surface area contributed by atoms with Gasteiger partial charge in [0.1, 0.15) is 18.6 Å². The van der Waals surface area contributed by atoms with Crippen molar-refractivity contribution in [2.24, 2.45) is 0 Å². The summed E-state index contributed by atoms with van der Waals surface area (Å²) in [5, 5.41) is 18.6. The maximum atomic E-state index is 11.7. The molecule has 0 aliphatic carbocycles. The molecule has 0 aromatic carbocycles. The zero-order valence-electron chi connectivity index (χ0n) is 10.4. The van der Waals surface area contributed by atoms with Crippen LogP contribution in [0.5, 0.6) is 0 Å². The first-order chi connectivity index (χ1) is 9.56. The summed E-state index contributed by atoms with van der Waals surface area (Å²) in [4.78, 5) is 35.6. The van der Waals surface area contributed by atoms with Crippen LogP contribution < -0.4 is 11.2 Å². The molecule has 8 nitrogen and oxygen atoms in total. The van der Waals surface area contributed by atoms with Gasteiger partial charge in [0.2, 0.25) is 0 Å². The second-order valence-electron chi connectivity index (χ2n) is 4.36. The molecule has 0 bridgehead atoms. The van der Waals surface area contributed by atoms with E-state index in [9.17, 15) is 19.5 Å². The van der Waals surface area contributed by atoms with Crippen LogP contribution in [-0.2, 0) is 9.53 Å². The van der Waals surface area contributed by atoms with Crippen molar-refractivity contribution in [2.75, 3.05) is 6.61 Å². The highest BCUT2D eigenvalue weighted by Crippen LogP contribution is 2.27. The third-order valence-corrected chi connectivity index (χ3v) is 3.04. The van der Waals surface area contributed by atoms with E-state index < -0.39 is 29.7 Å². The zero-order chi connectivity index (χ0) is 14.7. The van der Waals surface area contributed by atoms with Crippen LogP contribution in [0.4, 0.5) is 0 Å². The van der Waals surface area contributed by atoms with Gasteiger partial charge in [0.05, 0.1) is 18.3 Å². The molecule has 3 atom stereocenters. The predicted octanol–water partition coefficient (Wildman–Crippen LogP) is -1.61. The number of hydrogen-bond donors (Lipinski definition) is 3. The quantitative estimate of drug-likeness (QED) is 0.451. The number of ether oxygens (including phenoxy) is 1. The Kier molecular flexibility index (Phi) is 4.28. The maximum absolute atomic E-state index is 11.7. The van der Waals surface area contributed by atoms with Crippen molar-refractivity contribution in [3.8, 4) is 0 Å². The Bertz CT molecular complexity index is 632. The van der Waals surface area contributed by atoms with Gasteiger partial charge in [0.15, 0.2) is 0 Å². The summed E-state index contributed by atoms with van der Waals surface area (Å²) in [6.07, 6.45) is 1.82. The number of aldehydes is 1. The number of nitrogens with one attached hydrogen (secondary N) is 1. The maximum Gasteiger partial charge on any atom is 0.330 e. The minimum Gasteiger partial charge on any atom is -0.394 e. The molecule has 20 heavy (non-hydrogen) atoms. The van der Waals surface area contributed by atoms with E-state index in [1.54, 1.807) is 0 Å². The Morgan fingerprint density at radius 2 is 2.25 bits per heavy atom. The average Bonchev–Trinajstić information content (AvgIpc) is 2.79. The third kappa shape index (κ3) is 2.77. The van der Waals surface area contributed by atoms with E-state index in [0.717, 1.165) is 10.6 Å². The molecule has 3 N–H and O–H groups in total. The number of carbonyl (C=O) groups excluding carboxylic acids is 1. The number of carbonyl (C=O) groups is 1. The van der Waals surface area contributed by atoms with Crippen molar-refractivity contribution in [3.63, 3.8) is 0 Å². The number of aliphatic hydroxyl groups is 2. The lowest BCUT2D eigenvalue weighted by molar-refractivity contribution is -0.104. The van der Waals surface area contributed by atoms with Crippen LogP contribution in [0, 0.1) is 0 Å². The Balaban J connectivity index is 2.37. The van der Waals surface area contributed by atoms with E-state index in [2.05, 4.69) is 4.98 Å². The van der Waals surface area contributed by atoms with E-state index in [-0.39, 0.29) is 18.6 Å². The first-order valence-corrected chi connectivity index (χ1v) is 5.98. The minimum atomic E-state index is -0.891. The van der Waals surface area contributed by atoms with Crippen LogP contribution in [0.15, 0.2) is 21.9 Å². The van der Waals surface area contributed by atoms with Crippen molar-refractivity contribution in [1.82, 2.24) is 9.55 Å². The monoisotopic (exact) mass is 282 g/mol. The minimum absolute atomic E-state index is 0.113. The molecule has 1 saturated heterocycles. The molecule has 0 amide bonds. The average molecular weight is 282 g/mol. The summed E-state index contributed by atoms with van der Waals surface area (Å²) in [5.74, 6) is 0. The van der Waals surface area contributed by atoms with Crippen molar-refractivity contribution in [3.05, 3.63) is 38.7 Å². The molecule has 0 saturated carbocycles. The van der Waals surface area contributed by atoms with Gasteiger partial charge in [-0.1, -0.05) is 0 Å². The molecule has 1 aliphatic rings. The van der Waals surface area contributed by atoms with Crippen LogP contribution in [0.25, 0.3) is 6.08 Å². The molecular formula is C12H14N2O6. The summed E-state index contributed by atoms with van der Waals surface area (Å²) in [7, 11) is 0. The fourth-order valence-corrected chi connectivity index (χ4v) is 2.03. The summed E-state index contributed by atoms with van der Waals surface area (Å²) < 4.78 is 6.45. The molecule has 0 spiro atoms. The molecule has 1 fully saturated rings. The van der Waals surface area contributed by atoms with Gasteiger partial charge in [0, 0.05) is 12.6 Å². The second kappa shape index (κ2) is 5.95. The summed E-state index contributed by atoms with van der Waals surface area (Å²) >= 11 is 0. The van der Waals surface area contributed by atoms with Crippen LogP contribution >= 0.6 is 0 Å². The van der Waals surface area contributed by atoms with Crippen molar-refractivity contribution in [1.29, 1.82) is 0 Å². The standard InChI is InChI=1S/C12H14N2O6/c15-3-1-2-7-5-14(12(19)13-11(7)18)10-4-8(17)9(6-16)20-10/h1-3,5,8-10,16-17H,4,6H2,(H,13,18,19)/t8-,9+,10+/m0/s1. The van der Waals surface area contributed by atoms with E-state index in [1.165, 1.54) is 12.3 Å². The Morgan fingerprint density at radius 1 is 1.50 bits per heavy atom. The number of aromatic nitrogens is 2. The number of H-pyrrole nitrogens is 1. The topological polar surface area (TPSA) is 122 Å². The van der Waals surface area contributed by atoms with Gasteiger partial charge in [-0.05, 0) is 12.2 Å². The van der Waals surface area contributed by atoms with Gasteiger partial charge in [-0.3, -0.25) is 19.1 Å². The lowest BCUT2D eigenvalue weighted by atomic mass is 10.2. The largest absolute Gasteiger partial charge is 0.394 e. The number of aromatic amines is 1. The number of hydrogen-bond acceptors (Lipinski definition) is 6. The van der Waals surface area contributed by atoms with Gasteiger partial charge in [-0.25, -0.2) is 4.79 Å². The van der Waals surface area contributed by atoms with Gasteiger partial charge >= 0.3 is 5.69 Å². The molecule has 1 aliphatic heterocycles. The van der Waals surface area contributed by atoms with Crippen LogP contribution in [-0.4, -0.2) is 44.9 Å². The van der Waals surface area contributed by atoms with Crippen molar-refractivity contribution in [2.45, 2.75) is 24.9 Å².